The van der Waals surface area contributed by atoms with Crippen molar-refractivity contribution in [3.8, 4) is 17.3 Å². The highest BCUT2D eigenvalue weighted by molar-refractivity contribution is 5.87. The number of carbonyl (C=O) groups excluding carboxylic acids is 1. The largest absolute Gasteiger partial charge is 0.464 e. The second-order valence-corrected chi connectivity index (χ2v) is 4.93. The summed E-state index contributed by atoms with van der Waals surface area (Å²) >= 11 is 0. The van der Waals surface area contributed by atoms with Crippen LogP contribution in [0.5, 0.6) is 11.6 Å². The van der Waals surface area contributed by atoms with Gasteiger partial charge in [-0.25, -0.2) is 4.79 Å². The molecule has 0 saturated heterocycles. The SMILES string of the molecule is COC(=O)c1cc(Oc2ccccc2[N+](=O)[O-])n(-c2ccccc2)n1. The molecule has 1 aromatic heterocycles. The summed E-state index contributed by atoms with van der Waals surface area (Å²) in [6.07, 6.45) is 0. The summed E-state index contributed by atoms with van der Waals surface area (Å²) in [5.74, 6) is -0.441. The van der Waals surface area contributed by atoms with Crippen LogP contribution in [-0.2, 0) is 4.74 Å². The number of methoxy groups -OCH3 is 1. The van der Waals surface area contributed by atoms with Crippen LogP contribution in [0.4, 0.5) is 5.69 Å². The fourth-order valence-corrected chi connectivity index (χ4v) is 2.20. The molecule has 0 aliphatic carbocycles. The molecule has 1 heterocycles. The number of rotatable bonds is 5. The standard InChI is InChI=1S/C17H13N3O5/c1-24-17(21)13-11-16(19(18-13)12-7-3-2-4-8-12)25-15-10-6-5-9-14(15)20(22)23/h2-11H,1H3. The predicted octanol–water partition coefficient (Wildman–Crippen LogP) is 3.36. The van der Waals surface area contributed by atoms with Gasteiger partial charge in [0, 0.05) is 12.1 Å². The summed E-state index contributed by atoms with van der Waals surface area (Å²) in [7, 11) is 1.24. The van der Waals surface area contributed by atoms with Crippen LogP contribution in [0.3, 0.4) is 0 Å². The molecule has 8 nitrogen and oxygen atoms in total. The molecular weight excluding hydrogens is 326 g/mol. The molecule has 0 fully saturated rings. The molecule has 3 aromatic rings. The fourth-order valence-electron chi connectivity index (χ4n) is 2.20. The number of nitro groups is 1. The molecule has 0 unspecified atom stereocenters. The van der Waals surface area contributed by atoms with Gasteiger partial charge in [0.05, 0.1) is 17.7 Å². The fraction of sp³-hybridized carbons (Fsp3) is 0.0588. The number of nitro benzene ring substituents is 1. The number of hydrogen-bond donors (Lipinski definition) is 0. The van der Waals surface area contributed by atoms with Gasteiger partial charge in [-0.2, -0.15) is 9.78 Å². The van der Waals surface area contributed by atoms with E-state index < -0.39 is 10.9 Å². The van der Waals surface area contributed by atoms with E-state index in [0.717, 1.165) is 0 Å². The van der Waals surface area contributed by atoms with E-state index in [4.69, 9.17) is 4.74 Å². The van der Waals surface area contributed by atoms with Crippen molar-refractivity contribution in [3.05, 3.63) is 76.5 Å². The lowest BCUT2D eigenvalue weighted by Gasteiger charge is -2.08. The number of hydrogen-bond acceptors (Lipinski definition) is 6. The second-order valence-electron chi connectivity index (χ2n) is 4.93. The van der Waals surface area contributed by atoms with Gasteiger partial charge in [-0.15, -0.1) is 0 Å². The second kappa shape index (κ2) is 6.83. The van der Waals surface area contributed by atoms with Gasteiger partial charge >= 0.3 is 11.7 Å². The Morgan fingerprint density at radius 1 is 1.12 bits per heavy atom. The summed E-state index contributed by atoms with van der Waals surface area (Å²) in [6, 6.07) is 16.3. The lowest BCUT2D eigenvalue weighted by Crippen LogP contribution is -2.04. The lowest BCUT2D eigenvalue weighted by molar-refractivity contribution is -0.385. The molecule has 8 heteroatoms. The van der Waals surface area contributed by atoms with E-state index in [2.05, 4.69) is 9.84 Å². The van der Waals surface area contributed by atoms with Crippen molar-refractivity contribution in [1.82, 2.24) is 9.78 Å². The molecular formula is C17H13N3O5. The van der Waals surface area contributed by atoms with E-state index in [9.17, 15) is 14.9 Å². The number of para-hydroxylation sites is 3. The van der Waals surface area contributed by atoms with Crippen molar-refractivity contribution in [1.29, 1.82) is 0 Å². The van der Waals surface area contributed by atoms with E-state index in [1.807, 2.05) is 6.07 Å². The molecule has 0 bridgehead atoms. The third-order valence-corrected chi connectivity index (χ3v) is 3.35. The topological polar surface area (TPSA) is 96.5 Å². The number of ether oxygens (including phenoxy) is 2. The maximum absolute atomic E-state index is 11.8. The number of esters is 1. The monoisotopic (exact) mass is 339 g/mol. The Bertz CT molecular complexity index is 921. The van der Waals surface area contributed by atoms with Crippen molar-refractivity contribution < 1.29 is 19.2 Å². The van der Waals surface area contributed by atoms with Crippen molar-refractivity contribution in [2.45, 2.75) is 0 Å². The van der Waals surface area contributed by atoms with Crippen molar-refractivity contribution >= 4 is 11.7 Å². The van der Waals surface area contributed by atoms with Crippen LogP contribution >= 0.6 is 0 Å². The third-order valence-electron chi connectivity index (χ3n) is 3.35. The highest BCUT2D eigenvalue weighted by atomic mass is 16.6. The van der Waals surface area contributed by atoms with Crippen LogP contribution < -0.4 is 4.74 Å². The Hall–Kier alpha value is -3.68. The molecule has 0 amide bonds. The minimum absolute atomic E-state index is 0.0277. The Kier molecular flexibility index (Phi) is 4.42. The van der Waals surface area contributed by atoms with Gasteiger partial charge in [0.2, 0.25) is 11.6 Å². The van der Waals surface area contributed by atoms with Crippen LogP contribution in [0.2, 0.25) is 0 Å². The maximum atomic E-state index is 11.8. The Balaban J connectivity index is 2.08. The molecule has 0 atom stereocenters. The highest BCUT2D eigenvalue weighted by Gasteiger charge is 2.21. The molecule has 0 aliphatic rings. The molecule has 126 valence electrons. The summed E-state index contributed by atoms with van der Waals surface area (Å²) in [5.41, 5.74) is 0.467. The van der Waals surface area contributed by atoms with Gasteiger partial charge in [-0.3, -0.25) is 10.1 Å². The molecule has 0 spiro atoms. The lowest BCUT2D eigenvalue weighted by atomic mass is 10.3. The first-order valence-electron chi connectivity index (χ1n) is 7.25. The number of carbonyl (C=O) groups is 1. The van der Waals surface area contributed by atoms with Gasteiger partial charge in [-0.1, -0.05) is 30.3 Å². The first kappa shape index (κ1) is 16.2. The van der Waals surface area contributed by atoms with Crippen LogP contribution in [0.25, 0.3) is 5.69 Å². The highest BCUT2D eigenvalue weighted by Crippen LogP contribution is 2.32. The van der Waals surface area contributed by atoms with E-state index >= 15 is 0 Å². The summed E-state index contributed by atoms with van der Waals surface area (Å²) in [5, 5.41) is 15.3. The Morgan fingerprint density at radius 3 is 2.48 bits per heavy atom. The number of nitrogens with zero attached hydrogens (tertiary/aromatic N) is 3. The zero-order chi connectivity index (χ0) is 17.8. The van der Waals surface area contributed by atoms with Crippen molar-refractivity contribution in [2.24, 2.45) is 0 Å². The molecule has 0 aliphatic heterocycles. The molecule has 3 rings (SSSR count). The van der Waals surface area contributed by atoms with E-state index in [1.54, 1.807) is 36.4 Å². The van der Waals surface area contributed by atoms with E-state index in [0.29, 0.717) is 5.69 Å². The van der Waals surface area contributed by atoms with Gasteiger partial charge in [0.25, 0.3) is 0 Å². The minimum Gasteiger partial charge on any atom is -0.464 e. The zero-order valence-electron chi connectivity index (χ0n) is 13.2. The Labute approximate surface area is 142 Å². The van der Waals surface area contributed by atoms with Crippen LogP contribution in [-0.4, -0.2) is 27.8 Å². The quantitative estimate of drug-likeness (QED) is 0.402. The molecule has 25 heavy (non-hydrogen) atoms. The van der Waals surface area contributed by atoms with Gasteiger partial charge in [0.15, 0.2) is 5.69 Å². The van der Waals surface area contributed by atoms with Crippen LogP contribution in [0.1, 0.15) is 10.5 Å². The molecule has 0 N–H and O–H groups in total. The molecule has 2 aromatic carbocycles. The molecule has 0 radical (unpaired) electrons. The van der Waals surface area contributed by atoms with Crippen LogP contribution in [0.15, 0.2) is 60.7 Å². The number of aromatic nitrogens is 2. The van der Waals surface area contributed by atoms with Gasteiger partial charge in [0.1, 0.15) is 0 Å². The average molecular weight is 339 g/mol. The van der Waals surface area contributed by atoms with Gasteiger partial charge < -0.3 is 9.47 Å². The smallest absolute Gasteiger partial charge is 0.358 e. The Morgan fingerprint density at radius 2 is 1.80 bits per heavy atom. The normalized spacial score (nSPS) is 10.3. The average Bonchev–Trinajstić information content (AvgIpc) is 3.06. The summed E-state index contributed by atoms with van der Waals surface area (Å²) in [6.45, 7) is 0. The predicted molar refractivity (Wildman–Crippen MR) is 88.1 cm³/mol. The third kappa shape index (κ3) is 3.32. The van der Waals surface area contributed by atoms with E-state index in [1.165, 1.54) is 30.0 Å². The molecule has 0 saturated carbocycles. The van der Waals surface area contributed by atoms with Crippen molar-refractivity contribution in [3.63, 3.8) is 0 Å². The van der Waals surface area contributed by atoms with Gasteiger partial charge in [-0.05, 0) is 18.2 Å². The van der Waals surface area contributed by atoms with E-state index in [-0.39, 0.29) is 23.0 Å². The summed E-state index contributed by atoms with van der Waals surface area (Å²) < 4.78 is 11.7. The summed E-state index contributed by atoms with van der Waals surface area (Å²) in [4.78, 5) is 22.4. The first-order valence-corrected chi connectivity index (χ1v) is 7.25. The van der Waals surface area contributed by atoms with Crippen LogP contribution in [0, 0.1) is 10.1 Å². The first-order chi connectivity index (χ1) is 12.1. The number of benzene rings is 2. The van der Waals surface area contributed by atoms with Crippen molar-refractivity contribution in [2.75, 3.05) is 7.11 Å². The maximum Gasteiger partial charge on any atom is 0.358 e. The minimum atomic E-state index is -0.637. The zero-order valence-corrected chi connectivity index (χ0v) is 13.2.